The predicted molar refractivity (Wildman–Crippen MR) is 52.3 cm³/mol. The number of alkyl halides is 3. The van der Waals surface area contributed by atoms with Gasteiger partial charge in [-0.05, 0) is 6.92 Å². The van der Waals surface area contributed by atoms with E-state index >= 15 is 0 Å². The highest BCUT2D eigenvalue weighted by molar-refractivity contribution is 5.63. The molecule has 2 heterocycles. The first-order valence-electron chi connectivity index (χ1n) is 4.53. The Balaban J connectivity index is 2.76. The fourth-order valence-electron chi connectivity index (χ4n) is 1.41. The van der Waals surface area contributed by atoms with Crippen LogP contribution in [0.1, 0.15) is 11.4 Å². The molecule has 0 fully saturated rings. The molecule has 2 aromatic rings. The van der Waals surface area contributed by atoms with Crippen LogP contribution in [0, 0.1) is 6.92 Å². The molecule has 4 nitrogen and oxygen atoms in total. The van der Waals surface area contributed by atoms with Crippen molar-refractivity contribution in [2.45, 2.75) is 13.1 Å². The first-order valence-corrected chi connectivity index (χ1v) is 4.53. The topological polar surface area (TPSA) is 42.2 Å². The highest BCUT2D eigenvalue weighted by Crippen LogP contribution is 2.29. The molecule has 7 heteroatoms. The molecule has 0 spiro atoms. The van der Waals surface area contributed by atoms with E-state index in [-0.39, 0.29) is 5.82 Å². The first-order chi connectivity index (χ1) is 7.43. The summed E-state index contributed by atoms with van der Waals surface area (Å²) in [7, 11) is 1.51. The number of anilines is 1. The number of halogens is 3. The van der Waals surface area contributed by atoms with Gasteiger partial charge in [0.1, 0.15) is 0 Å². The lowest BCUT2D eigenvalue weighted by atomic mass is 10.4. The molecule has 0 radical (unpaired) electrons. The highest BCUT2D eigenvalue weighted by Gasteiger charge is 2.34. The number of rotatable bonds is 1. The molecule has 2 rings (SSSR count). The Labute approximate surface area is 89.1 Å². The van der Waals surface area contributed by atoms with Crippen LogP contribution in [0.4, 0.5) is 19.0 Å². The number of hydrogen-bond acceptors (Lipinski definition) is 3. The van der Waals surface area contributed by atoms with E-state index in [1.165, 1.54) is 17.6 Å². The van der Waals surface area contributed by atoms with Crippen molar-refractivity contribution in [3.8, 4) is 0 Å². The molecule has 0 unspecified atom stereocenters. The quantitative estimate of drug-likeness (QED) is 0.815. The van der Waals surface area contributed by atoms with Crippen LogP contribution in [0.3, 0.4) is 0 Å². The number of fused-ring (bicyclic) bond motifs is 1. The first kappa shape index (κ1) is 10.7. The third-order valence-corrected chi connectivity index (χ3v) is 2.20. The molecule has 1 N–H and O–H groups in total. The van der Waals surface area contributed by atoms with Crippen LogP contribution in [0.25, 0.3) is 5.65 Å². The second-order valence-electron chi connectivity index (χ2n) is 3.32. The number of imidazole rings is 1. The van der Waals surface area contributed by atoms with Crippen LogP contribution >= 0.6 is 0 Å². The van der Waals surface area contributed by atoms with Crippen LogP contribution < -0.4 is 5.32 Å². The van der Waals surface area contributed by atoms with Gasteiger partial charge in [-0.3, -0.25) is 4.40 Å². The Bertz CT molecular complexity index is 529. The van der Waals surface area contributed by atoms with Crippen molar-refractivity contribution < 1.29 is 13.2 Å². The Hall–Kier alpha value is -1.79. The fourth-order valence-corrected chi connectivity index (χ4v) is 1.41. The minimum atomic E-state index is -4.46. The van der Waals surface area contributed by atoms with Gasteiger partial charge in [-0.2, -0.15) is 13.2 Å². The number of hydrogen-bond donors (Lipinski definition) is 1. The monoisotopic (exact) mass is 230 g/mol. The van der Waals surface area contributed by atoms with Gasteiger partial charge in [-0.15, -0.1) is 0 Å². The SMILES string of the molecule is CNc1nc(C(F)(F)F)cn2c(C)cnc12. The van der Waals surface area contributed by atoms with Crippen molar-refractivity contribution in [3.63, 3.8) is 0 Å². The van der Waals surface area contributed by atoms with Crippen LogP contribution in [-0.4, -0.2) is 21.4 Å². The molecular weight excluding hydrogens is 221 g/mol. The second-order valence-corrected chi connectivity index (χ2v) is 3.32. The molecule has 0 saturated carbocycles. The minimum absolute atomic E-state index is 0.114. The van der Waals surface area contributed by atoms with Gasteiger partial charge in [0.25, 0.3) is 0 Å². The summed E-state index contributed by atoms with van der Waals surface area (Å²) in [6, 6.07) is 0. The summed E-state index contributed by atoms with van der Waals surface area (Å²) in [5, 5.41) is 2.60. The van der Waals surface area contributed by atoms with Crippen molar-refractivity contribution in [1.82, 2.24) is 14.4 Å². The Kier molecular flexibility index (Phi) is 2.25. The van der Waals surface area contributed by atoms with Crippen molar-refractivity contribution in [2.75, 3.05) is 12.4 Å². The summed E-state index contributed by atoms with van der Waals surface area (Å²) < 4.78 is 39.0. The molecule has 0 atom stereocenters. The number of nitrogens with one attached hydrogen (secondary N) is 1. The molecule has 0 amide bonds. The molecule has 0 aromatic carbocycles. The standard InChI is InChI=1S/C9H9F3N4/c1-5-3-14-8-7(13-2)15-6(4-16(5)8)9(10,11)12/h3-4H,1-2H3,(H,13,15). The van der Waals surface area contributed by atoms with Crippen molar-refractivity contribution in [2.24, 2.45) is 0 Å². The summed E-state index contributed by atoms with van der Waals surface area (Å²) in [4.78, 5) is 7.47. The third-order valence-electron chi connectivity index (χ3n) is 2.20. The normalized spacial score (nSPS) is 12.1. The zero-order valence-electron chi connectivity index (χ0n) is 8.63. The van der Waals surface area contributed by atoms with Gasteiger partial charge in [0, 0.05) is 25.1 Å². The number of aryl methyl sites for hydroxylation is 1. The molecular formula is C9H9F3N4. The van der Waals surface area contributed by atoms with Gasteiger partial charge in [0.15, 0.2) is 17.2 Å². The van der Waals surface area contributed by atoms with Crippen molar-refractivity contribution in [1.29, 1.82) is 0 Å². The van der Waals surface area contributed by atoms with Crippen molar-refractivity contribution in [3.05, 3.63) is 23.8 Å². The number of nitrogens with zero attached hydrogens (tertiary/aromatic N) is 3. The summed E-state index contributed by atoms with van der Waals surface area (Å²) in [6.07, 6.45) is -2.02. The van der Waals surface area contributed by atoms with Gasteiger partial charge in [-0.1, -0.05) is 0 Å². The maximum absolute atomic E-state index is 12.5. The highest BCUT2D eigenvalue weighted by atomic mass is 19.4. The summed E-state index contributed by atoms with van der Waals surface area (Å²) in [5.74, 6) is 0.114. The molecule has 0 aliphatic heterocycles. The zero-order valence-corrected chi connectivity index (χ0v) is 8.63. The second kappa shape index (κ2) is 3.36. The van der Waals surface area contributed by atoms with Gasteiger partial charge in [0.05, 0.1) is 0 Å². The largest absolute Gasteiger partial charge is 0.434 e. The van der Waals surface area contributed by atoms with E-state index in [0.717, 1.165) is 6.20 Å². The van der Waals surface area contributed by atoms with E-state index in [4.69, 9.17) is 0 Å². The summed E-state index contributed by atoms with van der Waals surface area (Å²) in [5.41, 5.74) is 0.0675. The van der Waals surface area contributed by atoms with Gasteiger partial charge in [0.2, 0.25) is 0 Å². The van der Waals surface area contributed by atoms with Crippen molar-refractivity contribution >= 4 is 11.5 Å². The fraction of sp³-hybridized carbons (Fsp3) is 0.333. The van der Waals surface area contributed by atoms with E-state index in [1.807, 2.05) is 0 Å². The van der Waals surface area contributed by atoms with Gasteiger partial charge < -0.3 is 5.32 Å². The minimum Gasteiger partial charge on any atom is -0.370 e. The van der Waals surface area contributed by atoms with Gasteiger partial charge >= 0.3 is 6.18 Å². The lowest BCUT2D eigenvalue weighted by Crippen LogP contribution is -2.12. The average Bonchev–Trinajstić information content (AvgIpc) is 2.58. The van der Waals surface area contributed by atoms with Crippen LogP contribution in [0.2, 0.25) is 0 Å². The van der Waals surface area contributed by atoms with Crippen LogP contribution in [-0.2, 0) is 6.18 Å². The van der Waals surface area contributed by atoms with E-state index in [2.05, 4.69) is 15.3 Å². The van der Waals surface area contributed by atoms with Crippen LogP contribution in [0.5, 0.6) is 0 Å². The zero-order chi connectivity index (χ0) is 11.9. The molecule has 0 aliphatic rings. The maximum Gasteiger partial charge on any atom is 0.434 e. The summed E-state index contributed by atoms with van der Waals surface area (Å²) >= 11 is 0. The smallest absolute Gasteiger partial charge is 0.370 e. The molecule has 0 saturated heterocycles. The molecule has 0 aliphatic carbocycles. The molecule has 16 heavy (non-hydrogen) atoms. The Morgan fingerprint density at radius 2 is 2.06 bits per heavy atom. The predicted octanol–water partition coefficient (Wildman–Crippen LogP) is 2.10. The lowest BCUT2D eigenvalue weighted by Gasteiger charge is -2.09. The van der Waals surface area contributed by atoms with Gasteiger partial charge in [-0.25, -0.2) is 9.97 Å². The number of aromatic nitrogens is 3. The average molecular weight is 230 g/mol. The Morgan fingerprint density at radius 3 is 2.62 bits per heavy atom. The van der Waals surface area contributed by atoms with Crippen LogP contribution in [0.15, 0.2) is 12.4 Å². The maximum atomic E-state index is 12.5. The molecule has 2 aromatic heterocycles. The Morgan fingerprint density at radius 1 is 1.38 bits per heavy atom. The lowest BCUT2D eigenvalue weighted by molar-refractivity contribution is -0.141. The molecule has 0 bridgehead atoms. The van der Waals surface area contributed by atoms with E-state index < -0.39 is 11.9 Å². The molecule has 86 valence electrons. The van der Waals surface area contributed by atoms with E-state index in [1.54, 1.807) is 6.92 Å². The van der Waals surface area contributed by atoms with E-state index in [9.17, 15) is 13.2 Å². The van der Waals surface area contributed by atoms with E-state index in [0.29, 0.717) is 11.3 Å². The third kappa shape index (κ3) is 1.58. The summed E-state index contributed by atoms with van der Waals surface area (Å²) in [6.45, 7) is 1.68.